The molecule has 2 saturated carbocycles. The number of hydrogen-bond acceptors (Lipinski definition) is 7. The van der Waals surface area contributed by atoms with Crippen molar-refractivity contribution in [1.29, 1.82) is 0 Å². The molecule has 0 saturated heterocycles. The Kier molecular flexibility index (Phi) is 8.25. The summed E-state index contributed by atoms with van der Waals surface area (Å²) >= 11 is 0. The summed E-state index contributed by atoms with van der Waals surface area (Å²) < 4.78 is 7.14. The first-order valence-corrected chi connectivity index (χ1v) is 12.9. The Balaban J connectivity index is 1.53. The van der Waals surface area contributed by atoms with E-state index >= 15 is 0 Å². The van der Waals surface area contributed by atoms with Crippen molar-refractivity contribution < 1.29 is 14.3 Å². The van der Waals surface area contributed by atoms with Crippen molar-refractivity contribution in [2.75, 3.05) is 12.4 Å². The molecule has 2 aliphatic carbocycles. The number of anilines is 1. The number of aliphatic imine (C=N–C) groups is 1. The molecule has 10 nitrogen and oxygen atoms in total. The van der Waals surface area contributed by atoms with Crippen molar-refractivity contribution in [3.63, 3.8) is 0 Å². The van der Waals surface area contributed by atoms with Crippen LogP contribution >= 0.6 is 0 Å². The Hall–Kier alpha value is -3.69. The number of aromatic nitrogens is 3. The van der Waals surface area contributed by atoms with Crippen molar-refractivity contribution in [3.05, 3.63) is 48.6 Å². The Labute approximate surface area is 217 Å². The number of carbonyl (C=O) groups is 2. The monoisotopic (exact) mass is 507 g/mol. The van der Waals surface area contributed by atoms with Gasteiger partial charge in [-0.05, 0) is 88.6 Å². The van der Waals surface area contributed by atoms with Crippen LogP contribution in [0.1, 0.15) is 58.1 Å². The quantitative estimate of drug-likeness (QED) is 0.378. The summed E-state index contributed by atoms with van der Waals surface area (Å²) in [7, 11) is 1.58. The van der Waals surface area contributed by atoms with Crippen LogP contribution in [-0.2, 0) is 9.59 Å². The maximum Gasteiger partial charge on any atom is 0.270 e. The minimum atomic E-state index is -0.671. The van der Waals surface area contributed by atoms with E-state index in [0.29, 0.717) is 23.4 Å². The average molecular weight is 508 g/mol. The number of nitrogens with one attached hydrogen (secondary N) is 2. The van der Waals surface area contributed by atoms with E-state index in [9.17, 15) is 9.59 Å². The van der Waals surface area contributed by atoms with E-state index < -0.39 is 11.9 Å². The van der Waals surface area contributed by atoms with Crippen molar-refractivity contribution in [2.45, 2.75) is 64.6 Å². The first-order chi connectivity index (χ1) is 17.8. The molecule has 2 aliphatic rings. The van der Waals surface area contributed by atoms with E-state index in [1.165, 1.54) is 12.3 Å². The average Bonchev–Trinajstić information content (AvgIpc) is 3.82. The molecule has 2 fully saturated rings. The van der Waals surface area contributed by atoms with Crippen molar-refractivity contribution >= 4 is 23.2 Å². The lowest BCUT2D eigenvalue weighted by atomic mass is 9.88. The summed E-state index contributed by atoms with van der Waals surface area (Å²) in [4.78, 5) is 35.5. The predicted molar refractivity (Wildman–Crippen MR) is 142 cm³/mol. The third-order valence-electron chi connectivity index (χ3n) is 6.88. The van der Waals surface area contributed by atoms with Gasteiger partial charge in [0, 0.05) is 24.0 Å². The molecule has 0 aliphatic heterocycles. The summed E-state index contributed by atoms with van der Waals surface area (Å²) in [5.41, 5.74) is 7.21. The fraction of sp³-hybridized carbons (Fsp3) is 0.519. The van der Waals surface area contributed by atoms with E-state index in [2.05, 4.69) is 25.7 Å². The molecule has 2 heterocycles. The summed E-state index contributed by atoms with van der Waals surface area (Å²) in [5.74, 6) is 0.874. The maximum absolute atomic E-state index is 13.6. The Bertz CT molecular complexity index is 1150. The van der Waals surface area contributed by atoms with E-state index in [0.717, 1.165) is 31.2 Å². The molecular formula is C27H37N7O3. The van der Waals surface area contributed by atoms with Crippen LogP contribution in [0.4, 0.5) is 5.69 Å². The first-order valence-electron chi connectivity index (χ1n) is 12.9. The number of nitrogens with two attached hydrogens (primary N) is 1. The molecule has 37 heavy (non-hydrogen) atoms. The van der Waals surface area contributed by atoms with Crippen molar-refractivity contribution in [1.82, 2.24) is 20.1 Å². The molecule has 4 rings (SSSR count). The number of methoxy groups -OCH3 is 1. The van der Waals surface area contributed by atoms with Gasteiger partial charge >= 0.3 is 0 Å². The molecule has 0 bridgehead atoms. The number of amides is 2. The highest BCUT2D eigenvalue weighted by Crippen LogP contribution is 2.50. The van der Waals surface area contributed by atoms with E-state index in [4.69, 9.17) is 10.5 Å². The topological polar surface area (TPSA) is 137 Å². The van der Waals surface area contributed by atoms with Gasteiger partial charge in [0.05, 0.1) is 25.0 Å². The Morgan fingerprint density at radius 2 is 1.92 bits per heavy atom. The Morgan fingerprint density at radius 1 is 1.22 bits per heavy atom. The summed E-state index contributed by atoms with van der Waals surface area (Å²) in [6.45, 7) is 5.76. The van der Waals surface area contributed by atoms with Gasteiger partial charge in [-0.2, -0.15) is 5.10 Å². The predicted octanol–water partition coefficient (Wildman–Crippen LogP) is 3.08. The highest BCUT2D eigenvalue weighted by molar-refractivity contribution is 6.43. The van der Waals surface area contributed by atoms with Crippen LogP contribution < -0.4 is 21.1 Å². The zero-order valence-electron chi connectivity index (χ0n) is 21.9. The van der Waals surface area contributed by atoms with Crippen LogP contribution in [0.3, 0.4) is 0 Å². The largest absolute Gasteiger partial charge is 0.481 e. The van der Waals surface area contributed by atoms with Gasteiger partial charge in [-0.3, -0.25) is 19.3 Å². The van der Waals surface area contributed by atoms with Crippen LogP contribution in [0.15, 0.2) is 48.0 Å². The lowest BCUT2D eigenvalue weighted by molar-refractivity contribution is -0.124. The second-order valence-corrected chi connectivity index (χ2v) is 10.1. The smallest absolute Gasteiger partial charge is 0.270 e. The first kappa shape index (κ1) is 26.4. The zero-order valence-corrected chi connectivity index (χ0v) is 21.9. The van der Waals surface area contributed by atoms with E-state index in [-0.39, 0.29) is 29.6 Å². The standard InChI is InChI=1S/C27H37N7O3/c1-16(2)31-22(11-12-28)25(35)33-24(23(18-7-8-18)19-9-10-19)26(36)32-20-14-30-34(15-20)17(3)21-6-5-13-29-27(21)37-4/h5-6,11-19,23-24H,7-10,28H2,1-4H3,(H,32,36)(H,33,35)/b12-11-,31-22?/t17-,24?/m0/s1. The highest BCUT2D eigenvalue weighted by atomic mass is 16.5. The molecule has 198 valence electrons. The Morgan fingerprint density at radius 3 is 2.51 bits per heavy atom. The maximum atomic E-state index is 13.6. The number of nitrogens with zero attached hydrogens (tertiary/aromatic N) is 4. The molecule has 2 amide bonds. The second kappa shape index (κ2) is 11.6. The minimum absolute atomic E-state index is 0.0850. The fourth-order valence-electron chi connectivity index (χ4n) is 4.86. The summed E-state index contributed by atoms with van der Waals surface area (Å²) in [6.07, 6.45) is 12.2. The SMILES string of the molecule is COc1ncccc1[C@H](C)n1cc(NC(=O)C(NC(=O)C(/C=C\N)=NC(C)C)C(C2CC2)C2CC2)cn1. The molecule has 0 aromatic carbocycles. The van der Waals surface area contributed by atoms with E-state index in [1.807, 2.05) is 32.9 Å². The van der Waals surface area contributed by atoms with Gasteiger partial charge in [0.2, 0.25) is 11.8 Å². The molecule has 4 N–H and O–H groups in total. The fourth-order valence-corrected chi connectivity index (χ4v) is 4.86. The van der Waals surface area contributed by atoms with Gasteiger partial charge in [-0.1, -0.05) is 0 Å². The molecule has 10 heteroatoms. The normalized spacial score (nSPS) is 17.7. The molecule has 1 unspecified atom stereocenters. The third kappa shape index (κ3) is 6.55. The number of pyridine rings is 1. The number of ether oxygens (including phenoxy) is 1. The van der Waals surface area contributed by atoms with Gasteiger partial charge in [-0.15, -0.1) is 0 Å². The lowest BCUT2D eigenvalue weighted by Gasteiger charge is -2.27. The van der Waals surface area contributed by atoms with Crippen LogP contribution in [0.5, 0.6) is 5.88 Å². The minimum Gasteiger partial charge on any atom is -0.481 e. The summed E-state index contributed by atoms with van der Waals surface area (Å²) in [5, 5.41) is 10.4. The van der Waals surface area contributed by atoms with Crippen LogP contribution in [0.2, 0.25) is 0 Å². The number of carbonyl (C=O) groups excluding carboxylic acids is 2. The molecule has 0 spiro atoms. The molecule has 0 radical (unpaired) electrons. The van der Waals surface area contributed by atoms with Crippen LogP contribution in [0.25, 0.3) is 0 Å². The zero-order chi connectivity index (χ0) is 26.5. The number of rotatable bonds is 12. The van der Waals surface area contributed by atoms with Gasteiger partial charge in [0.25, 0.3) is 5.91 Å². The third-order valence-corrected chi connectivity index (χ3v) is 6.88. The van der Waals surface area contributed by atoms with Gasteiger partial charge < -0.3 is 21.1 Å². The number of hydrogen-bond donors (Lipinski definition) is 3. The van der Waals surface area contributed by atoms with Crippen molar-refractivity contribution in [3.8, 4) is 5.88 Å². The second-order valence-electron chi connectivity index (χ2n) is 10.1. The van der Waals surface area contributed by atoms with Crippen LogP contribution in [-0.4, -0.2) is 51.5 Å². The van der Waals surface area contributed by atoms with Gasteiger partial charge in [0.1, 0.15) is 11.8 Å². The lowest BCUT2D eigenvalue weighted by Crippen LogP contribution is -2.51. The van der Waals surface area contributed by atoms with Crippen molar-refractivity contribution in [2.24, 2.45) is 28.5 Å². The highest BCUT2D eigenvalue weighted by Gasteiger charge is 2.48. The summed E-state index contributed by atoms with van der Waals surface area (Å²) in [6, 6.07) is 2.87. The molecule has 2 aromatic rings. The van der Waals surface area contributed by atoms with E-state index in [1.54, 1.807) is 30.4 Å². The molecule has 2 atom stereocenters. The van der Waals surface area contributed by atoms with Gasteiger partial charge in [0.15, 0.2) is 0 Å². The van der Waals surface area contributed by atoms with Gasteiger partial charge in [-0.25, -0.2) is 4.98 Å². The van der Waals surface area contributed by atoms with Crippen LogP contribution in [0, 0.1) is 17.8 Å². The molecule has 2 aromatic heterocycles. The molecular weight excluding hydrogens is 470 g/mol.